The van der Waals surface area contributed by atoms with E-state index in [4.69, 9.17) is 0 Å². The molecule has 0 aliphatic rings. The third-order valence-electron chi connectivity index (χ3n) is 3.80. The summed E-state index contributed by atoms with van der Waals surface area (Å²) in [6, 6.07) is 10.6. The maximum Gasteiger partial charge on any atom is 0.234 e. The highest BCUT2D eigenvalue weighted by molar-refractivity contribution is 5.78. The molecule has 112 valence electrons. The molecule has 2 N–H and O–H groups in total. The number of carbonyl (C=O) groups excluding carboxylic acids is 1. The Hall–Kier alpha value is -1.35. The predicted molar refractivity (Wildman–Crippen MR) is 84.8 cm³/mol. The molecular weight excluding hydrogens is 248 g/mol. The van der Waals surface area contributed by atoms with E-state index in [-0.39, 0.29) is 17.4 Å². The van der Waals surface area contributed by atoms with Crippen molar-refractivity contribution >= 4 is 5.91 Å². The number of hydrogen-bond acceptors (Lipinski definition) is 2. The fraction of sp³-hybridized carbons (Fsp3) is 0.588. The number of nitrogens with one attached hydrogen (secondary N) is 2. The summed E-state index contributed by atoms with van der Waals surface area (Å²) < 4.78 is 0. The standard InChI is InChI=1S/C17H28N2O/c1-13(2)14(3)19-16(20)11-18-12-17(4,5)15-9-7-6-8-10-15/h6-10,13-14,18H,11-12H2,1-5H3,(H,19,20). The van der Waals surface area contributed by atoms with Crippen LogP contribution in [0.1, 0.15) is 40.2 Å². The molecular formula is C17H28N2O. The Morgan fingerprint density at radius 2 is 1.75 bits per heavy atom. The first kappa shape index (κ1) is 16.7. The summed E-state index contributed by atoms with van der Waals surface area (Å²) in [7, 11) is 0. The van der Waals surface area contributed by atoms with E-state index in [0.717, 1.165) is 6.54 Å². The zero-order chi connectivity index (χ0) is 15.2. The van der Waals surface area contributed by atoms with Crippen molar-refractivity contribution < 1.29 is 4.79 Å². The lowest BCUT2D eigenvalue weighted by atomic mass is 9.84. The van der Waals surface area contributed by atoms with Gasteiger partial charge in [-0.2, -0.15) is 0 Å². The van der Waals surface area contributed by atoms with Gasteiger partial charge in [0.2, 0.25) is 5.91 Å². The van der Waals surface area contributed by atoms with Gasteiger partial charge in [-0.3, -0.25) is 4.79 Å². The Labute approximate surface area is 123 Å². The van der Waals surface area contributed by atoms with Crippen LogP contribution >= 0.6 is 0 Å². The van der Waals surface area contributed by atoms with E-state index in [1.165, 1.54) is 5.56 Å². The van der Waals surface area contributed by atoms with Gasteiger partial charge < -0.3 is 10.6 Å². The lowest BCUT2D eigenvalue weighted by Gasteiger charge is -2.26. The maximum absolute atomic E-state index is 11.8. The molecule has 0 bridgehead atoms. The Bertz CT molecular complexity index is 412. The average molecular weight is 276 g/mol. The number of rotatable bonds is 7. The number of carbonyl (C=O) groups is 1. The van der Waals surface area contributed by atoms with Crippen molar-refractivity contribution in [1.82, 2.24) is 10.6 Å². The van der Waals surface area contributed by atoms with Crippen LogP contribution in [0.25, 0.3) is 0 Å². The lowest BCUT2D eigenvalue weighted by molar-refractivity contribution is -0.121. The summed E-state index contributed by atoms with van der Waals surface area (Å²) in [4.78, 5) is 11.8. The first-order valence-electron chi connectivity index (χ1n) is 7.38. The summed E-state index contributed by atoms with van der Waals surface area (Å²) in [5, 5.41) is 6.26. The molecule has 0 spiro atoms. The SMILES string of the molecule is CC(C)C(C)NC(=O)CNCC(C)(C)c1ccccc1. The van der Waals surface area contributed by atoms with E-state index in [1.807, 2.05) is 25.1 Å². The zero-order valence-electron chi connectivity index (χ0n) is 13.4. The Balaban J connectivity index is 2.38. The monoisotopic (exact) mass is 276 g/mol. The number of benzene rings is 1. The second-order valence-electron chi connectivity index (χ2n) is 6.45. The summed E-state index contributed by atoms with van der Waals surface area (Å²) in [6.07, 6.45) is 0. The third-order valence-corrected chi connectivity index (χ3v) is 3.80. The van der Waals surface area contributed by atoms with Gasteiger partial charge in [0.05, 0.1) is 6.54 Å². The smallest absolute Gasteiger partial charge is 0.234 e. The molecule has 0 aliphatic carbocycles. The molecule has 1 amide bonds. The van der Waals surface area contributed by atoms with E-state index in [2.05, 4.69) is 50.5 Å². The summed E-state index contributed by atoms with van der Waals surface area (Å²) >= 11 is 0. The van der Waals surface area contributed by atoms with Crippen LogP contribution in [0.5, 0.6) is 0 Å². The lowest BCUT2D eigenvalue weighted by Crippen LogP contribution is -2.43. The van der Waals surface area contributed by atoms with Crippen LogP contribution in [0.4, 0.5) is 0 Å². The molecule has 1 aromatic rings. The molecule has 1 atom stereocenters. The van der Waals surface area contributed by atoms with E-state index in [9.17, 15) is 4.79 Å². The third kappa shape index (κ3) is 5.33. The average Bonchev–Trinajstić information content (AvgIpc) is 2.39. The minimum absolute atomic E-state index is 0.0191. The topological polar surface area (TPSA) is 41.1 Å². The quantitative estimate of drug-likeness (QED) is 0.804. The van der Waals surface area contributed by atoms with Crippen LogP contribution < -0.4 is 10.6 Å². The zero-order valence-corrected chi connectivity index (χ0v) is 13.4. The number of hydrogen-bond donors (Lipinski definition) is 2. The van der Waals surface area contributed by atoms with Gasteiger partial charge in [0.1, 0.15) is 0 Å². The van der Waals surface area contributed by atoms with Crippen LogP contribution in [0.2, 0.25) is 0 Å². The fourth-order valence-corrected chi connectivity index (χ4v) is 1.95. The minimum atomic E-state index is 0.0191. The molecule has 0 saturated heterocycles. The van der Waals surface area contributed by atoms with E-state index in [0.29, 0.717) is 12.5 Å². The second kappa shape index (κ2) is 7.44. The molecule has 0 heterocycles. The minimum Gasteiger partial charge on any atom is -0.352 e. The van der Waals surface area contributed by atoms with Gasteiger partial charge in [-0.05, 0) is 18.4 Å². The van der Waals surface area contributed by atoms with Gasteiger partial charge in [-0.25, -0.2) is 0 Å². The van der Waals surface area contributed by atoms with Crippen LogP contribution in [0.3, 0.4) is 0 Å². The molecule has 3 nitrogen and oxygen atoms in total. The Morgan fingerprint density at radius 3 is 2.30 bits per heavy atom. The van der Waals surface area contributed by atoms with E-state index < -0.39 is 0 Å². The van der Waals surface area contributed by atoms with Gasteiger partial charge in [-0.1, -0.05) is 58.0 Å². The summed E-state index contributed by atoms with van der Waals surface area (Å²) in [5.74, 6) is 0.523. The largest absolute Gasteiger partial charge is 0.352 e. The van der Waals surface area contributed by atoms with Crippen molar-refractivity contribution in [2.75, 3.05) is 13.1 Å². The molecule has 1 rings (SSSR count). The van der Waals surface area contributed by atoms with Crippen molar-refractivity contribution in [3.63, 3.8) is 0 Å². The fourth-order valence-electron chi connectivity index (χ4n) is 1.95. The summed E-state index contributed by atoms with van der Waals surface area (Å²) in [6.45, 7) is 11.8. The van der Waals surface area contributed by atoms with Crippen molar-refractivity contribution in [2.24, 2.45) is 5.92 Å². The van der Waals surface area contributed by atoms with Crippen molar-refractivity contribution in [2.45, 2.75) is 46.1 Å². The van der Waals surface area contributed by atoms with Gasteiger partial charge in [0.25, 0.3) is 0 Å². The normalized spacial score (nSPS) is 13.3. The maximum atomic E-state index is 11.8. The Kier molecular flexibility index (Phi) is 6.21. The highest BCUT2D eigenvalue weighted by Crippen LogP contribution is 2.21. The van der Waals surface area contributed by atoms with Crippen LogP contribution in [0.15, 0.2) is 30.3 Å². The van der Waals surface area contributed by atoms with Gasteiger partial charge in [0.15, 0.2) is 0 Å². The number of amides is 1. The van der Waals surface area contributed by atoms with Gasteiger partial charge >= 0.3 is 0 Å². The molecule has 1 unspecified atom stereocenters. The second-order valence-corrected chi connectivity index (χ2v) is 6.45. The van der Waals surface area contributed by atoms with Crippen LogP contribution in [-0.4, -0.2) is 25.0 Å². The first-order valence-corrected chi connectivity index (χ1v) is 7.38. The van der Waals surface area contributed by atoms with E-state index in [1.54, 1.807) is 0 Å². The van der Waals surface area contributed by atoms with Gasteiger partial charge in [-0.15, -0.1) is 0 Å². The molecule has 20 heavy (non-hydrogen) atoms. The van der Waals surface area contributed by atoms with Gasteiger partial charge in [0, 0.05) is 18.0 Å². The molecule has 0 aliphatic heterocycles. The van der Waals surface area contributed by atoms with Crippen molar-refractivity contribution in [1.29, 1.82) is 0 Å². The Morgan fingerprint density at radius 1 is 1.15 bits per heavy atom. The van der Waals surface area contributed by atoms with Crippen molar-refractivity contribution in [3.05, 3.63) is 35.9 Å². The highest BCUT2D eigenvalue weighted by atomic mass is 16.1. The highest BCUT2D eigenvalue weighted by Gasteiger charge is 2.20. The van der Waals surface area contributed by atoms with Crippen LogP contribution in [0, 0.1) is 5.92 Å². The van der Waals surface area contributed by atoms with E-state index >= 15 is 0 Å². The van der Waals surface area contributed by atoms with Crippen LogP contribution in [-0.2, 0) is 10.2 Å². The first-order chi connectivity index (χ1) is 9.33. The summed E-state index contributed by atoms with van der Waals surface area (Å²) in [5.41, 5.74) is 1.30. The predicted octanol–water partition coefficient (Wildman–Crippen LogP) is 2.71. The molecule has 0 saturated carbocycles. The van der Waals surface area contributed by atoms with Crippen molar-refractivity contribution in [3.8, 4) is 0 Å². The molecule has 1 aromatic carbocycles. The molecule has 3 heteroatoms. The molecule has 0 radical (unpaired) electrons. The molecule has 0 aromatic heterocycles. The molecule has 0 fully saturated rings.